The third-order valence-corrected chi connectivity index (χ3v) is 1.69. The highest BCUT2D eigenvalue weighted by Crippen LogP contribution is 2.19. The fourth-order valence-electron chi connectivity index (χ4n) is 1.22. The highest BCUT2D eigenvalue weighted by Gasteiger charge is 2.23. The second-order valence-corrected chi connectivity index (χ2v) is 2.64. The Hall–Kier alpha value is -1.06. The van der Waals surface area contributed by atoms with E-state index in [1.165, 1.54) is 6.92 Å². The summed E-state index contributed by atoms with van der Waals surface area (Å²) in [6.45, 7) is 1.38. The molecule has 0 aliphatic heterocycles. The van der Waals surface area contributed by atoms with Crippen LogP contribution in [0.5, 0.6) is 0 Å². The summed E-state index contributed by atoms with van der Waals surface area (Å²) in [6.07, 6.45) is 2.02. The summed E-state index contributed by atoms with van der Waals surface area (Å²) in [5.74, 6) is -0.269. The maximum Gasteiger partial charge on any atom is 0.302 e. The van der Waals surface area contributed by atoms with Gasteiger partial charge in [-0.15, -0.1) is 0 Å². The average Bonchev–Trinajstić information content (AvgIpc) is 2.34. The average molecular weight is 157 g/mol. The lowest BCUT2D eigenvalue weighted by molar-refractivity contribution is -0.145. The first-order valence-corrected chi connectivity index (χ1v) is 3.59. The van der Waals surface area contributed by atoms with Crippen LogP contribution in [0.4, 0.5) is 0 Å². The van der Waals surface area contributed by atoms with Crippen LogP contribution in [0.1, 0.15) is 26.2 Å². The van der Waals surface area contributed by atoms with Crippen molar-refractivity contribution in [1.82, 2.24) is 0 Å². The van der Waals surface area contributed by atoms with Crippen molar-refractivity contribution in [3.8, 4) is 0 Å². The fraction of sp³-hybridized carbons (Fsp3) is 0.714. The van der Waals surface area contributed by atoms with Crippen LogP contribution in [0.15, 0.2) is 5.16 Å². The van der Waals surface area contributed by atoms with Gasteiger partial charge in [0.15, 0.2) is 0 Å². The number of nitrogens with zero attached hydrogens (tertiary/aromatic N) is 1. The Morgan fingerprint density at radius 1 is 1.82 bits per heavy atom. The molecule has 0 heterocycles. The van der Waals surface area contributed by atoms with Gasteiger partial charge in [-0.3, -0.25) is 4.79 Å². The molecule has 1 unspecified atom stereocenters. The molecule has 0 radical (unpaired) electrons. The minimum atomic E-state index is -0.269. The second kappa shape index (κ2) is 3.37. The molecule has 0 aromatic carbocycles. The third kappa shape index (κ3) is 2.22. The van der Waals surface area contributed by atoms with Gasteiger partial charge in [0.1, 0.15) is 6.10 Å². The summed E-state index contributed by atoms with van der Waals surface area (Å²) in [5, 5.41) is 11.4. The van der Waals surface area contributed by atoms with Crippen LogP contribution in [0, 0.1) is 0 Å². The normalized spacial score (nSPS) is 27.4. The maximum atomic E-state index is 10.5. The minimum absolute atomic E-state index is 0.0709. The van der Waals surface area contributed by atoms with Crippen LogP contribution in [0.2, 0.25) is 0 Å². The molecule has 1 aliphatic carbocycles. The third-order valence-electron chi connectivity index (χ3n) is 1.69. The summed E-state index contributed by atoms with van der Waals surface area (Å²) in [4.78, 5) is 10.5. The van der Waals surface area contributed by atoms with Crippen LogP contribution in [-0.4, -0.2) is 23.0 Å². The highest BCUT2D eigenvalue weighted by molar-refractivity contribution is 5.86. The number of hydrogen-bond acceptors (Lipinski definition) is 4. The number of ether oxygens (including phenoxy) is 1. The van der Waals surface area contributed by atoms with Crippen molar-refractivity contribution in [1.29, 1.82) is 0 Å². The van der Waals surface area contributed by atoms with E-state index >= 15 is 0 Å². The van der Waals surface area contributed by atoms with E-state index in [4.69, 9.17) is 9.94 Å². The maximum absolute atomic E-state index is 10.5. The van der Waals surface area contributed by atoms with Gasteiger partial charge in [0.25, 0.3) is 0 Å². The summed E-state index contributed by atoms with van der Waals surface area (Å²) < 4.78 is 4.91. The number of rotatable bonds is 1. The van der Waals surface area contributed by atoms with Crippen molar-refractivity contribution in [3.63, 3.8) is 0 Å². The summed E-state index contributed by atoms with van der Waals surface area (Å²) in [5.41, 5.74) is 0.719. The number of carbonyl (C=O) groups excluding carboxylic acids is 1. The van der Waals surface area contributed by atoms with Crippen molar-refractivity contribution in [2.24, 2.45) is 5.16 Å². The first kappa shape index (κ1) is 8.04. The van der Waals surface area contributed by atoms with Gasteiger partial charge < -0.3 is 9.94 Å². The lowest BCUT2D eigenvalue weighted by Crippen LogP contribution is -2.12. The molecule has 0 spiro atoms. The summed E-state index contributed by atoms with van der Waals surface area (Å²) >= 11 is 0. The topological polar surface area (TPSA) is 58.9 Å². The summed E-state index contributed by atoms with van der Waals surface area (Å²) in [7, 11) is 0. The van der Waals surface area contributed by atoms with E-state index < -0.39 is 0 Å². The molecular formula is C7H11NO3. The van der Waals surface area contributed by atoms with Crippen LogP contribution >= 0.6 is 0 Å². The molecule has 0 aromatic heterocycles. The zero-order valence-electron chi connectivity index (χ0n) is 6.41. The van der Waals surface area contributed by atoms with Crippen LogP contribution in [-0.2, 0) is 9.53 Å². The first-order chi connectivity index (χ1) is 5.22. The van der Waals surface area contributed by atoms with E-state index in [1.54, 1.807) is 0 Å². The van der Waals surface area contributed by atoms with Crippen molar-refractivity contribution >= 4 is 11.7 Å². The van der Waals surface area contributed by atoms with Gasteiger partial charge in [0, 0.05) is 13.3 Å². The monoisotopic (exact) mass is 157 g/mol. The van der Waals surface area contributed by atoms with E-state index in [9.17, 15) is 4.79 Å². The van der Waals surface area contributed by atoms with Gasteiger partial charge in [0.2, 0.25) is 0 Å². The molecule has 1 saturated carbocycles. The van der Waals surface area contributed by atoms with Gasteiger partial charge >= 0.3 is 5.97 Å². The molecule has 0 bridgehead atoms. The van der Waals surface area contributed by atoms with Gasteiger partial charge in [-0.1, -0.05) is 5.16 Å². The Kier molecular flexibility index (Phi) is 2.46. The molecular weight excluding hydrogens is 146 g/mol. The Labute approximate surface area is 64.8 Å². The Morgan fingerprint density at radius 2 is 2.55 bits per heavy atom. The molecule has 1 atom stereocenters. The highest BCUT2D eigenvalue weighted by atomic mass is 16.5. The lowest BCUT2D eigenvalue weighted by Gasteiger charge is -2.06. The predicted octanol–water partition coefficient (Wildman–Crippen LogP) is 0.932. The van der Waals surface area contributed by atoms with Gasteiger partial charge in [-0.05, 0) is 12.8 Å². The lowest BCUT2D eigenvalue weighted by atomic mass is 10.3. The predicted molar refractivity (Wildman–Crippen MR) is 38.6 cm³/mol. The molecule has 4 heteroatoms. The molecule has 11 heavy (non-hydrogen) atoms. The van der Waals surface area contributed by atoms with Crippen molar-refractivity contribution in [2.75, 3.05) is 0 Å². The van der Waals surface area contributed by atoms with Crippen LogP contribution in [0.3, 0.4) is 0 Å². The first-order valence-electron chi connectivity index (χ1n) is 3.59. The van der Waals surface area contributed by atoms with E-state index in [0.29, 0.717) is 6.42 Å². The molecule has 1 rings (SSSR count). The van der Waals surface area contributed by atoms with E-state index in [-0.39, 0.29) is 12.1 Å². The molecule has 4 nitrogen and oxygen atoms in total. The largest absolute Gasteiger partial charge is 0.462 e. The molecule has 0 saturated heterocycles. The summed E-state index contributed by atoms with van der Waals surface area (Å²) in [6, 6.07) is 0. The number of hydrogen-bond donors (Lipinski definition) is 1. The van der Waals surface area contributed by atoms with Gasteiger partial charge in [-0.25, -0.2) is 0 Å². The SMILES string of the molecule is CC(=O)OC1CC/C(=N\O)C1. The van der Waals surface area contributed by atoms with Gasteiger partial charge in [-0.2, -0.15) is 0 Å². The Bertz CT molecular complexity index is 188. The zero-order chi connectivity index (χ0) is 8.27. The molecule has 1 N–H and O–H groups in total. The van der Waals surface area contributed by atoms with Gasteiger partial charge in [0.05, 0.1) is 5.71 Å². The zero-order valence-corrected chi connectivity index (χ0v) is 6.41. The number of carbonyl (C=O) groups is 1. The molecule has 0 amide bonds. The minimum Gasteiger partial charge on any atom is -0.462 e. The number of esters is 1. The van der Waals surface area contributed by atoms with Crippen LogP contribution in [0.25, 0.3) is 0 Å². The van der Waals surface area contributed by atoms with Crippen LogP contribution < -0.4 is 0 Å². The molecule has 1 aliphatic rings. The van der Waals surface area contributed by atoms with Crippen molar-refractivity contribution in [3.05, 3.63) is 0 Å². The fourth-order valence-corrected chi connectivity index (χ4v) is 1.22. The number of oxime groups is 1. The quantitative estimate of drug-likeness (QED) is 0.350. The Balaban J connectivity index is 2.36. The van der Waals surface area contributed by atoms with E-state index in [0.717, 1.165) is 18.6 Å². The Morgan fingerprint density at radius 3 is 3.00 bits per heavy atom. The molecule has 0 aromatic rings. The van der Waals surface area contributed by atoms with E-state index in [1.807, 2.05) is 0 Å². The standard InChI is InChI=1S/C7H11NO3/c1-5(9)11-7-3-2-6(4-7)8-10/h7,10H,2-4H2,1H3/b8-6+. The smallest absolute Gasteiger partial charge is 0.302 e. The molecule has 62 valence electrons. The molecule has 1 fully saturated rings. The van der Waals surface area contributed by atoms with Crippen molar-refractivity contribution in [2.45, 2.75) is 32.3 Å². The second-order valence-electron chi connectivity index (χ2n) is 2.64. The van der Waals surface area contributed by atoms with E-state index in [2.05, 4.69) is 5.16 Å². The van der Waals surface area contributed by atoms with Crippen molar-refractivity contribution < 1.29 is 14.7 Å².